The molecular formula is C18H20N2O3. The van der Waals surface area contributed by atoms with Crippen molar-refractivity contribution < 1.29 is 14.3 Å². The Labute approximate surface area is 135 Å². The fourth-order valence-corrected chi connectivity index (χ4v) is 1.93. The minimum atomic E-state index is -0.235. The maximum atomic E-state index is 11.7. The molecule has 0 saturated heterocycles. The third-order valence-corrected chi connectivity index (χ3v) is 3.19. The third-order valence-electron chi connectivity index (χ3n) is 3.19. The monoisotopic (exact) mass is 312 g/mol. The molecule has 5 heteroatoms. The van der Waals surface area contributed by atoms with E-state index in [-0.39, 0.29) is 18.4 Å². The lowest BCUT2D eigenvalue weighted by molar-refractivity contribution is -0.126. The number of benzene rings is 2. The molecule has 5 nitrogen and oxygen atoms in total. The lowest BCUT2D eigenvalue weighted by atomic mass is 10.2. The second-order valence-electron chi connectivity index (χ2n) is 4.93. The van der Waals surface area contributed by atoms with Crippen molar-refractivity contribution in [3.8, 4) is 11.5 Å². The Morgan fingerprint density at radius 3 is 2.35 bits per heavy atom. The van der Waals surface area contributed by atoms with Gasteiger partial charge in [-0.15, -0.1) is 0 Å². The molecule has 0 unspecified atom stereocenters. The second kappa shape index (κ2) is 8.58. The Kier molecular flexibility index (Phi) is 6.17. The molecule has 2 rings (SSSR count). The van der Waals surface area contributed by atoms with Crippen molar-refractivity contribution in [3.05, 3.63) is 60.2 Å². The average Bonchev–Trinajstić information content (AvgIpc) is 2.59. The highest BCUT2D eigenvalue weighted by molar-refractivity contribution is 5.84. The van der Waals surface area contributed by atoms with Crippen LogP contribution in [-0.4, -0.2) is 18.4 Å². The summed E-state index contributed by atoms with van der Waals surface area (Å²) in [5, 5.41) is 5.31. The van der Waals surface area contributed by atoms with Gasteiger partial charge in [0.05, 0.1) is 6.54 Å². The van der Waals surface area contributed by atoms with Gasteiger partial charge < -0.3 is 15.4 Å². The van der Waals surface area contributed by atoms with E-state index in [9.17, 15) is 9.59 Å². The van der Waals surface area contributed by atoms with Gasteiger partial charge in [0.2, 0.25) is 11.8 Å². The molecule has 0 aliphatic carbocycles. The molecular weight excluding hydrogens is 292 g/mol. The van der Waals surface area contributed by atoms with Gasteiger partial charge in [0, 0.05) is 18.5 Å². The van der Waals surface area contributed by atoms with Gasteiger partial charge in [-0.1, -0.05) is 43.3 Å². The molecule has 0 aliphatic rings. The molecule has 0 heterocycles. The van der Waals surface area contributed by atoms with Crippen molar-refractivity contribution >= 4 is 11.8 Å². The summed E-state index contributed by atoms with van der Waals surface area (Å²) >= 11 is 0. The first-order valence-electron chi connectivity index (χ1n) is 7.53. The van der Waals surface area contributed by atoms with Crippen LogP contribution in [0.3, 0.4) is 0 Å². The van der Waals surface area contributed by atoms with E-state index in [2.05, 4.69) is 10.6 Å². The summed E-state index contributed by atoms with van der Waals surface area (Å²) in [6.45, 7) is 2.06. The van der Waals surface area contributed by atoms with E-state index in [0.717, 1.165) is 11.3 Å². The molecule has 0 atom stereocenters. The Hall–Kier alpha value is -2.82. The zero-order chi connectivity index (χ0) is 16.5. The summed E-state index contributed by atoms with van der Waals surface area (Å²) in [5.74, 6) is 1.05. The van der Waals surface area contributed by atoms with Crippen LogP contribution in [0.1, 0.15) is 18.9 Å². The number of carbonyl (C=O) groups is 2. The minimum Gasteiger partial charge on any atom is -0.457 e. The smallest absolute Gasteiger partial charge is 0.239 e. The zero-order valence-corrected chi connectivity index (χ0v) is 13.0. The minimum absolute atomic E-state index is 0.0195. The molecule has 2 amide bonds. The van der Waals surface area contributed by atoms with Gasteiger partial charge in [-0.3, -0.25) is 9.59 Å². The molecule has 0 radical (unpaired) electrons. The van der Waals surface area contributed by atoms with Gasteiger partial charge in [0.1, 0.15) is 11.5 Å². The number of hydrogen-bond acceptors (Lipinski definition) is 3. The van der Waals surface area contributed by atoms with Crippen molar-refractivity contribution in [3.63, 3.8) is 0 Å². The van der Waals surface area contributed by atoms with E-state index >= 15 is 0 Å². The van der Waals surface area contributed by atoms with Crippen molar-refractivity contribution in [1.82, 2.24) is 10.6 Å². The van der Waals surface area contributed by atoms with Crippen molar-refractivity contribution in [2.75, 3.05) is 6.54 Å². The fourth-order valence-electron chi connectivity index (χ4n) is 1.93. The Morgan fingerprint density at radius 2 is 1.61 bits per heavy atom. The molecule has 2 aromatic carbocycles. The Morgan fingerprint density at radius 1 is 0.913 bits per heavy atom. The highest BCUT2D eigenvalue weighted by atomic mass is 16.5. The number of para-hydroxylation sites is 2. The van der Waals surface area contributed by atoms with Crippen LogP contribution in [0.15, 0.2) is 54.6 Å². The van der Waals surface area contributed by atoms with Crippen LogP contribution < -0.4 is 15.4 Å². The molecule has 0 saturated carbocycles. The second-order valence-corrected chi connectivity index (χ2v) is 4.93. The largest absolute Gasteiger partial charge is 0.457 e. The third kappa shape index (κ3) is 5.47. The van der Waals surface area contributed by atoms with Crippen LogP contribution in [0.5, 0.6) is 11.5 Å². The zero-order valence-electron chi connectivity index (χ0n) is 13.0. The summed E-state index contributed by atoms with van der Waals surface area (Å²) in [4.78, 5) is 22.9. The highest BCUT2D eigenvalue weighted by Crippen LogP contribution is 2.24. The number of rotatable bonds is 7. The van der Waals surface area contributed by atoms with E-state index in [1.54, 1.807) is 6.92 Å². The molecule has 0 spiro atoms. The predicted octanol–water partition coefficient (Wildman–Crippen LogP) is 2.62. The van der Waals surface area contributed by atoms with Crippen molar-refractivity contribution in [1.29, 1.82) is 0 Å². The van der Waals surface area contributed by atoms with Crippen LogP contribution in [-0.2, 0) is 16.1 Å². The molecule has 2 aromatic rings. The summed E-state index contributed by atoms with van der Waals surface area (Å²) in [7, 11) is 0. The standard InChI is InChI=1S/C18H20N2O3/c1-2-17(21)20-13-18(22)19-12-14-8-6-7-11-16(14)23-15-9-4-3-5-10-15/h3-11H,2,12-13H2,1H3,(H,19,22)(H,20,21). The summed E-state index contributed by atoms with van der Waals surface area (Å²) in [6, 6.07) is 17.0. The van der Waals surface area contributed by atoms with E-state index in [4.69, 9.17) is 4.74 Å². The first-order chi connectivity index (χ1) is 11.2. The molecule has 0 aliphatic heterocycles. The van der Waals surface area contributed by atoms with Crippen LogP contribution in [0.2, 0.25) is 0 Å². The number of nitrogens with one attached hydrogen (secondary N) is 2. The maximum absolute atomic E-state index is 11.7. The Bertz CT molecular complexity index is 656. The van der Waals surface area contributed by atoms with Gasteiger partial charge in [0.15, 0.2) is 0 Å². The van der Waals surface area contributed by atoms with Gasteiger partial charge in [-0.2, -0.15) is 0 Å². The summed E-state index contributed by atoms with van der Waals surface area (Å²) in [5.41, 5.74) is 0.867. The Balaban J connectivity index is 1.93. The van der Waals surface area contributed by atoms with Gasteiger partial charge in [-0.05, 0) is 18.2 Å². The quantitative estimate of drug-likeness (QED) is 0.826. The van der Waals surface area contributed by atoms with Crippen LogP contribution >= 0.6 is 0 Å². The molecule has 0 bridgehead atoms. The number of hydrogen-bond donors (Lipinski definition) is 2. The lowest BCUT2D eigenvalue weighted by Gasteiger charge is -2.12. The van der Waals surface area contributed by atoms with E-state index in [1.807, 2.05) is 54.6 Å². The maximum Gasteiger partial charge on any atom is 0.239 e. The van der Waals surface area contributed by atoms with Crippen LogP contribution in [0, 0.1) is 0 Å². The van der Waals surface area contributed by atoms with Gasteiger partial charge in [-0.25, -0.2) is 0 Å². The van der Waals surface area contributed by atoms with Crippen molar-refractivity contribution in [2.45, 2.75) is 19.9 Å². The van der Waals surface area contributed by atoms with E-state index in [0.29, 0.717) is 18.7 Å². The van der Waals surface area contributed by atoms with E-state index in [1.165, 1.54) is 0 Å². The molecule has 0 fully saturated rings. The number of amides is 2. The fraction of sp³-hybridized carbons (Fsp3) is 0.222. The SMILES string of the molecule is CCC(=O)NCC(=O)NCc1ccccc1Oc1ccccc1. The van der Waals surface area contributed by atoms with Crippen LogP contribution in [0.25, 0.3) is 0 Å². The van der Waals surface area contributed by atoms with Crippen LogP contribution in [0.4, 0.5) is 0 Å². The van der Waals surface area contributed by atoms with Crippen molar-refractivity contribution in [2.24, 2.45) is 0 Å². The first-order valence-corrected chi connectivity index (χ1v) is 7.53. The molecule has 120 valence electrons. The van der Waals surface area contributed by atoms with Gasteiger partial charge >= 0.3 is 0 Å². The molecule has 0 aromatic heterocycles. The number of ether oxygens (including phenoxy) is 1. The van der Waals surface area contributed by atoms with E-state index < -0.39 is 0 Å². The first kappa shape index (κ1) is 16.5. The highest BCUT2D eigenvalue weighted by Gasteiger charge is 2.07. The summed E-state index contributed by atoms with van der Waals surface area (Å²) < 4.78 is 5.84. The lowest BCUT2D eigenvalue weighted by Crippen LogP contribution is -2.36. The average molecular weight is 312 g/mol. The number of carbonyl (C=O) groups excluding carboxylic acids is 2. The topological polar surface area (TPSA) is 67.4 Å². The molecule has 23 heavy (non-hydrogen) atoms. The predicted molar refractivity (Wildman–Crippen MR) is 88.1 cm³/mol. The van der Waals surface area contributed by atoms with Gasteiger partial charge in [0.25, 0.3) is 0 Å². The normalized spacial score (nSPS) is 9.96. The summed E-state index contributed by atoms with van der Waals surface area (Å²) in [6.07, 6.45) is 0.362. The molecule has 2 N–H and O–H groups in total.